The third-order valence-corrected chi connectivity index (χ3v) is 9.68. The summed E-state index contributed by atoms with van der Waals surface area (Å²) < 4.78 is 6.16. The third-order valence-electron chi connectivity index (χ3n) is 9.68. The number of pyridine rings is 3. The predicted octanol–water partition coefficient (Wildman–Crippen LogP) is 10.1. The molecule has 0 saturated carbocycles. The van der Waals surface area contributed by atoms with Gasteiger partial charge in [0.1, 0.15) is 16.9 Å². The lowest BCUT2D eigenvalue weighted by Gasteiger charge is -2.11. The van der Waals surface area contributed by atoms with E-state index >= 15 is 0 Å². The maximum Gasteiger partial charge on any atom is 0.139 e. The first kappa shape index (κ1) is 37.4. The molecule has 0 aliphatic rings. The zero-order valence-corrected chi connectivity index (χ0v) is 33.4. The van der Waals surface area contributed by atoms with E-state index in [1.807, 2.05) is 58.0 Å². The Hall–Kier alpha value is -6.87. The third kappa shape index (κ3) is 8.58. The molecule has 0 bridgehead atoms. The number of aromatic nitrogens is 6. The average molecular weight is 740 g/mol. The van der Waals surface area contributed by atoms with Crippen molar-refractivity contribution in [2.24, 2.45) is 0 Å². The number of imidazole rings is 3. The number of hydrogen-bond donors (Lipinski definition) is 1. The van der Waals surface area contributed by atoms with E-state index in [2.05, 4.69) is 178 Å². The Bertz CT molecular complexity index is 2710. The molecule has 0 saturated heterocycles. The maximum absolute atomic E-state index is 4.70. The van der Waals surface area contributed by atoms with Gasteiger partial charge in [0.15, 0.2) is 0 Å². The van der Waals surface area contributed by atoms with E-state index < -0.39 is 0 Å². The van der Waals surface area contributed by atoms with Gasteiger partial charge in [-0.2, -0.15) is 0 Å². The number of nitrogens with one attached hydrogen (secondary N) is 1. The zero-order chi connectivity index (χ0) is 39.3. The molecular weight excluding hydrogens is 691 g/mol. The van der Waals surface area contributed by atoms with E-state index in [0.29, 0.717) is 0 Å². The van der Waals surface area contributed by atoms with Crippen molar-refractivity contribution < 1.29 is 0 Å². The van der Waals surface area contributed by atoms with Crippen molar-refractivity contribution >= 4 is 34.0 Å². The second-order valence-electron chi connectivity index (χ2n) is 14.5. The van der Waals surface area contributed by atoms with Crippen LogP contribution in [-0.2, 0) is 0 Å². The first-order valence-electron chi connectivity index (χ1n) is 18.7. The quantitative estimate of drug-likeness (QED) is 0.183. The number of benzene rings is 3. The van der Waals surface area contributed by atoms with Crippen molar-refractivity contribution in [3.8, 4) is 33.8 Å². The van der Waals surface area contributed by atoms with E-state index in [0.717, 1.165) is 67.8 Å². The predicted molar refractivity (Wildman–Crippen MR) is 234 cm³/mol. The molecular formula is C47H49N9. The second kappa shape index (κ2) is 16.2. The number of anilines is 3. The fourth-order valence-corrected chi connectivity index (χ4v) is 6.31. The minimum Gasteiger partial charge on any atom is -0.388 e. The molecule has 9 heteroatoms. The highest BCUT2D eigenvalue weighted by molar-refractivity contribution is 5.68. The van der Waals surface area contributed by atoms with Gasteiger partial charge in [0.05, 0.1) is 17.1 Å². The molecule has 282 valence electrons. The van der Waals surface area contributed by atoms with Crippen LogP contribution >= 0.6 is 0 Å². The van der Waals surface area contributed by atoms with Gasteiger partial charge in [-0.3, -0.25) is 0 Å². The number of hydrogen-bond acceptors (Lipinski definition) is 6. The molecule has 3 aromatic carbocycles. The molecule has 56 heavy (non-hydrogen) atoms. The molecule has 9 nitrogen and oxygen atoms in total. The van der Waals surface area contributed by atoms with Crippen LogP contribution in [0, 0.1) is 20.8 Å². The number of nitrogens with zero attached hydrogens (tertiary/aromatic N) is 8. The van der Waals surface area contributed by atoms with Crippen molar-refractivity contribution in [3.05, 3.63) is 163 Å². The summed E-state index contributed by atoms with van der Waals surface area (Å²) in [5.74, 6) is 0. The van der Waals surface area contributed by atoms with Crippen molar-refractivity contribution in [2.45, 2.75) is 20.8 Å². The highest BCUT2D eigenvalue weighted by atomic mass is 15.1. The molecule has 0 fully saturated rings. The van der Waals surface area contributed by atoms with E-state index in [1.165, 1.54) is 16.7 Å². The van der Waals surface area contributed by atoms with Crippen molar-refractivity contribution in [1.29, 1.82) is 0 Å². The minimum atomic E-state index is 0.956. The molecule has 0 radical (unpaired) electrons. The van der Waals surface area contributed by atoms with Crippen molar-refractivity contribution in [1.82, 2.24) is 28.2 Å². The fraction of sp³-hybridized carbons (Fsp3) is 0.170. The smallest absolute Gasteiger partial charge is 0.139 e. The van der Waals surface area contributed by atoms with Crippen LogP contribution in [0.1, 0.15) is 16.7 Å². The Labute approximate surface area is 329 Å². The molecule has 0 unspecified atom stereocenters. The molecule has 9 aromatic rings. The van der Waals surface area contributed by atoms with Gasteiger partial charge in [0, 0.05) is 124 Å². The van der Waals surface area contributed by atoms with Crippen LogP contribution in [0.3, 0.4) is 0 Å². The Morgan fingerprint density at radius 1 is 0.446 bits per heavy atom. The number of fused-ring (bicyclic) bond motifs is 3. The van der Waals surface area contributed by atoms with Gasteiger partial charge in [0.2, 0.25) is 0 Å². The van der Waals surface area contributed by atoms with Gasteiger partial charge in [-0.25, -0.2) is 15.0 Å². The van der Waals surface area contributed by atoms with Crippen LogP contribution in [0.25, 0.3) is 50.7 Å². The van der Waals surface area contributed by atoms with Crippen molar-refractivity contribution in [2.75, 3.05) is 50.4 Å². The largest absolute Gasteiger partial charge is 0.388 e. The molecule has 6 aromatic heterocycles. The molecule has 1 N–H and O–H groups in total. The highest BCUT2D eigenvalue weighted by Crippen LogP contribution is 2.24. The normalized spacial score (nSPS) is 10.9. The van der Waals surface area contributed by atoms with Crippen LogP contribution < -0.4 is 15.1 Å². The van der Waals surface area contributed by atoms with Crippen LogP contribution in [0.4, 0.5) is 17.1 Å². The average Bonchev–Trinajstić information content (AvgIpc) is 3.95. The Kier molecular flexibility index (Phi) is 10.9. The molecule has 6 heterocycles. The lowest BCUT2D eigenvalue weighted by Crippen LogP contribution is -2.08. The summed E-state index contributed by atoms with van der Waals surface area (Å²) in [6.45, 7) is 6.28. The Morgan fingerprint density at radius 2 is 0.875 bits per heavy atom. The molecule has 0 aliphatic carbocycles. The standard InChI is InChI=1S/2C16H17N3.C15H15N3/c1-12-4-6-13(7-5-12)15-11-19-9-8-14(18(2)3)10-16(19)17-15;1-12-5-4-6-13(9-12)15-11-19-8-7-14(18(2)3)10-16(19)17-15;1-11-3-5-12(6-4-11)14-10-18-8-7-13(16-2)9-15(18)17-14/h2*4-11H,1-3H3;3-10,16H,1-2H3. The second-order valence-corrected chi connectivity index (χ2v) is 14.5. The summed E-state index contributed by atoms with van der Waals surface area (Å²) in [7, 11) is 10.1. The maximum atomic E-state index is 4.70. The van der Waals surface area contributed by atoms with Crippen LogP contribution in [0.2, 0.25) is 0 Å². The van der Waals surface area contributed by atoms with E-state index in [4.69, 9.17) is 9.97 Å². The SMILES string of the molecule is CNc1ccn2cc(-c3ccc(C)cc3)nc2c1.Cc1ccc(-c2cn3ccc(N(C)C)cc3n2)cc1.Cc1cccc(-c2cn3ccc(N(C)C)cc3n2)c1. The van der Waals surface area contributed by atoms with Gasteiger partial charge in [-0.15, -0.1) is 0 Å². The number of rotatable bonds is 6. The highest BCUT2D eigenvalue weighted by Gasteiger charge is 2.08. The summed E-state index contributed by atoms with van der Waals surface area (Å²) in [6, 6.07) is 37.8. The van der Waals surface area contributed by atoms with E-state index in [9.17, 15) is 0 Å². The van der Waals surface area contributed by atoms with Crippen LogP contribution in [0.5, 0.6) is 0 Å². The molecule has 0 spiro atoms. The summed E-state index contributed by atoms with van der Waals surface area (Å²) in [5, 5.41) is 3.12. The lowest BCUT2D eigenvalue weighted by molar-refractivity contribution is 1.10. The molecule has 9 rings (SSSR count). The van der Waals surface area contributed by atoms with Gasteiger partial charge in [0.25, 0.3) is 0 Å². The first-order valence-corrected chi connectivity index (χ1v) is 18.7. The topological polar surface area (TPSA) is 70.4 Å². The van der Waals surface area contributed by atoms with Gasteiger partial charge in [-0.05, 0) is 45.0 Å². The lowest BCUT2D eigenvalue weighted by atomic mass is 10.1. The summed E-state index contributed by atoms with van der Waals surface area (Å²) in [5.41, 5.74) is 16.6. The molecule has 0 amide bonds. The van der Waals surface area contributed by atoms with Gasteiger partial charge >= 0.3 is 0 Å². The summed E-state index contributed by atoms with van der Waals surface area (Å²) in [6.07, 6.45) is 12.3. The molecule has 0 aliphatic heterocycles. The van der Waals surface area contributed by atoms with Crippen molar-refractivity contribution in [3.63, 3.8) is 0 Å². The van der Waals surface area contributed by atoms with E-state index in [1.54, 1.807) is 0 Å². The van der Waals surface area contributed by atoms with Crippen LogP contribution in [0.15, 0.2) is 146 Å². The zero-order valence-electron chi connectivity index (χ0n) is 33.4. The van der Waals surface area contributed by atoms with Gasteiger partial charge in [-0.1, -0.05) is 83.4 Å². The Balaban J connectivity index is 0.000000129. The monoisotopic (exact) mass is 739 g/mol. The molecule has 0 atom stereocenters. The minimum absolute atomic E-state index is 0.956. The fourth-order valence-electron chi connectivity index (χ4n) is 6.31. The van der Waals surface area contributed by atoms with E-state index in [-0.39, 0.29) is 0 Å². The van der Waals surface area contributed by atoms with Crippen LogP contribution in [-0.4, -0.2) is 63.4 Å². The van der Waals surface area contributed by atoms with Gasteiger partial charge < -0.3 is 28.3 Å². The first-order chi connectivity index (χ1) is 27.0. The summed E-state index contributed by atoms with van der Waals surface area (Å²) in [4.78, 5) is 18.2. The number of aryl methyl sites for hydroxylation is 3. The Morgan fingerprint density at radius 3 is 1.30 bits per heavy atom. The summed E-state index contributed by atoms with van der Waals surface area (Å²) >= 11 is 0.